The number of carbonyl (C=O) groups excluding carboxylic acids is 3. The van der Waals surface area contributed by atoms with Gasteiger partial charge in [0.1, 0.15) is 6.61 Å². The summed E-state index contributed by atoms with van der Waals surface area (Å²) in [6.45, 7) is 2.72. The fourth-order valence-corrected chi connectivity index (χ4v) is 7.84. The summed E-state index contributed by atoms with van der Waals surface area (Å²) >= 11 is 6.98. The highest BCUT2D eigenvalue weighted by molar-refractivity contribution is 9.10. The van der Waals surface area contributed by atoms with Crippen LogP contribution in [0.5, 0.6) is 0 Å². The minimum Gasteiger partial charge on any atom is -0.461 e. The zero-order valence-corrected chi connectivity index (χ0v) is 30.6. The van der Waals surface area contributed by atoms with Gasteiger partial charge >= 0.3 is 5.97 Å². The largest absolute Gasteiger partial charge is 0.461 e. The molecule has 4 aromatic carbocycles. The molecule has 2 saturated carbocycles. The van der Waals surface area contributed by atoms with Gasteiger partial charge in [-0.1, -0.05) is 68.3 Å². The second-order valence-electron chi connectivity index (χ2n) is 13.2. The average molecular weight is 787 g/mol. The van der Waals surface area contributed by atoms with Crippen LogP contribution in [0, 0.1) is 0 Å². The minimum atomic E-state index is -0.338. The van der Waals surface area contributed by atoms with Crippen LogP contribution in [-0.2, 0) is 35.6 Å². The molecule has 2 fully saturated rings. The highest BCUT2D eigenvalue weighted by Crippen LogP contribution is 2.42. The van der Waals surface area contributed by atoms with E-state index in [9.17, 15) is 19.5 Å². The van der Waals surface area contributed by atoms with Gasteiger partial charge in [-0.3, -0.25) is 14.4 Å². The fourth-order valence-electron chi connectivity index (χ4n) is 6.89. The maximum Gasteiger partial charge on any atom is 0.302 e. The second-order valence-corrected chi connectivity index (χ2v) is 14.9. The first kappa shape index (κ1) is 33.7. The van der Waals surface area contributed by atoms with E-state index in [0.29, 0.717) is 24.9 Å². The molecule has 0 saturated heterocycles. The van der Waals surface area contributed by atoms with Crippen molar-refractivity contribution in [3.8, 4) is 0 Å². The number of hydrogen-bond acceptors (Lipinski definition) is 5. The monoisotopic (exact) mass is 784 g/mol. The number of esters is 1. The van der Waals surface area contributed by atoms with Crippen molar-refractivity contribution in [2.75, 3.05) is 22.9 Å². The van der Waals surface area contributed by atoms with Crippen molar-refractivity contribution in [2.24, 2.45) is 0 Å². The molecule has 2 aliphatic heterocycles. The van der Waals surface area contributed by atoms with Crippen molar-refractivity contribution >= 4 is 61.0 Å². The van der Waals surface area contributed by atoms with E-state index in [1.54, 1.807) is 9.80 Å². The standard InChI is InChI=1S/C21H20BrNO3.C19H18BrNO2/c1-13(24)26-12-18-19(22)3-2-4-20(18)23-10-9-16-11-15(14-5-6-14)7-8-17(16)21(23)25;20-17-2-1-3-18(16(17)11-22)21-9-8-14-10-13(12-4-5-12)6-7-15(14)19(21)23/h2-4,7-8,11,14H,5-6,9-10,12H2,1H3;1-3,6-7,10,12,22H,4-5,8-9,11H2. The molecule has 7 nitrogen and oxygen atoms in total. The number of amides is 2. The number of rotatable bonds is 7. The number of nitrogens with zero attached hydrogens (tertiary/aromatic N) is 2. The molecule has 0 atom stereocenters. The van der Waals surface area contributed by atoms with Gasteiger partial charge in [0.05, 0.1) is 18.0 Å². The molecule has 2 heterocycles. The molecule has 4 aliphatic rings. The van der Waals surface area contributed by atoms with Crippen LogP contribution >= 0.6 is 31.9 Å². The molecule has 0 unspecified atom stereocenters. The van der Waals surface area contributed by atoms with Crippen molar-refractivity contribution in [1.29, 1.82) is 0 Å². The highest BCUT2D eigenvalue weighted by atomic mass is 79.9. The topological polar surface area (TPSA) is 87.2 Å². The van der Waals surface area contributed by atoms with Crippen LogP contribution in [0.4, 0.5) is 11.4 Å². The summed E-state index contributed by atoms with van der Waals surface area (Å²) in [7, 11) is 0. The minimum absolute atomic E-state index is 0.00997. The quantitative estimate of drug-likeness (QED) is 0.190. The van der Waals surface area contributed by atoms with Crippen molar-refractivity contribution in [2.45, 2.75) is 70.5 Å². The first-order valence-corrected chi connectivity index (χ1v) is 18.5. The number of halogens is 2. The summed E-state index contributed by atoms with van der Waals surface area (Å²) in [5.41, 5.74) is 9.79. The number of aliphatic hydroxyl groups is 1. The number of anilines is 2. The maximum absolute atomic E-state index is 13.1. The molecule has 9 heteroatoms. The molecule has 49 heavy (non-hydrogen) atoms. The first-order chi connectivity index (χ1) is 23.7. The SMILES string of the molecule is CC(=O)OCc1c(Br)cccc1N1CCc2cc(C3CC3)ccc2C1=O.O=C1c2ccc(C3CC3)cc2CCN1c1cccc(Br)c1CO. The van der Waals surface area contributed by atoms with Crippen LogP contribution in [-0.4, -0.2) is 36.0 Å². The Hall–Kier alpha value is -3.79. The Morgan fingerprint density at radius 3 is 1.65 bits per heavy atom. The third-order valence-electron chi connectivity index (χ3n) is 9.86. The Labute approximate surface area is 303 Å². The molecular formula is C40H38Br2N2O5. The summed E-state index contributed by atoms with van der Waals surface area (Å²) in [5.74, 6) is 1.10. The van der Waals surface area contributed by atoms with Gasteiger partial charge in [-0.2, -0.15) is 0 Å². The normalized spacial score (nSPS) is 16.8. The molecule has 2 amide bonds. The molecule has 0 radical (unpaired) electrons. The number of benzene rings is 4. The fraction of sp³-hybridized carbons (Fsp3) is 0.325. The van der Waals surface area contributed by atoms with E-state index in [1.807, 2.05) is 48.5 Å². The molecule has 2 aliphatic carbocycles. The molecule has 8 rings (SSSR count). The summed E-state index contributed by atoms with van der Waals surface area (Å²) in [6, 6.07) is 24.0. The maximum atomic E-state index is 13.1. The van der Waals surface area contributed by atoms with Gasteiger partial charge in [-0.05, 0) is 109 Å². The summed E-state index contributed by atoms with van der Waals surface area (Å²) < 4.78 is 6.85. The Kier molecular flexibility index (Phi) is 9.77. The molecule has 0 spiro atoms. The lowest BCUT2D eigenvalue weighted by atomic mass is 9.94. The predicted octanol–water partition coefficient (Wildman–Crippen LogP) is 8.61. The van der Waals surface area contributed by atoms with Gasteiger partial charge < -0.3 is 19.6 Å². The molecular weight excluding hydrogens is 748 g/mol. The lowest BCUT2D eigenvalue weighted by molar-refractivity contribution is -0.142. The van der Waals surface area contributed by atoms with Crippen LogP contribution in [0.1, 0.15) is 98.5 Å². The first-order valence-electron chi connectivity index (χ1n) is 16.9. The Balaban J connectivity index is 0.000000155. The number of ether oxygens (including phenoxy) is 1. The Morgan fingerprint density at radius 2 is 1.20 bits per heavy atom. The molecule has 1 N–H and O–H groups in total. The van der Waals surface area contributed by atoms with Crippen LogP contribution < -0.4 is 9.80 Å². The average Bonchev–Trinajstić information content (AvgIpc) is 4.02. The second kappa shape index (κ2) is 14.2. The van der Waals surface area contributed by atoms with E-state index in [-0.39, 0.29) is 31.0 Å². The number of hydrogen-bond donors (Lipinski definition) is 1. The third-order valence-corrected chi connectivity index (χ3v) is 11.4. The van der Waals surface area contributed by atoms with Crippen LogP contribution in [0.2, 0.25) is 0 Å². The van der Waals surface area contributed by atoms with E-state index >= 15 is 0 Å². The smallest absolute Gasteiger partial charge is 0.302 e. The van der Waals surface area contributed by atoms with Crippen LogP contribution in [0.3, 0.4) is 0 Å². The molecule has 4 aromatic rings. The molecule has 0 aromatic heterocycles. The summed E-state index contributed by atoms with van der Waals surface area (Å²) in [5, 5.41) is 9.65. The molecule has 252 valence electrons. The van der Waals surface area contributed by atoms with Crippen LogP contribution in [0.15, 0.2) is 81.7 Å². The van der Waals surface area contributed by atoms with Crippen molar-refractivity contribution in [3.63, 3.8) is 0 Å². The van der Waals surface area contributed by atoms with E-state index in [4.69, 9.17) is 4.74 Å². The van der Waals surface area contributed by atoms with Crippen LogP contribution in [0.25, 0.3) is 0 Å². The zero-order valence-electron chi connectivity index (χ0n) is 27.4. The Morgan fingerprint density at radius 1 is 0.735 bits per heavy atom. The number of fused-ring (bicyclic) bond motifs is 2. The predicted molar refractivity (Wildman–Crippen MR) is 197 cm³/mol. The van der Waals surface area contributed by atoms with E-state index < -0.39 is 0 Å². The van der Waals surface area contributed by atoms with Gasteiger partial charge in [-0.15, -0.1) is 0 Å². The van der Waals surface area contributed by atoms with Gasteiger partial charge in [0.15, 0.2) is 0 Å². The van der Waals surface area contributed by atoms with Gasteiger partial charge in [-0.25, -0.2) is 0 Å². The van der Waals surface area contributed by atoms with E-state index in [1.165, 1.54) is 43.7 Å². The lowest BCUT2D eigenvalue weighted by Gasteiger charge is -2.31. The van der Waals surface area contributed by atoms with Gasteiger partial charge in [0, 0.05) is 51.2 Å². The van der Waals surface area contributed by atoms with E-state index in [0.717, 1.165) is 66.5 Å². The Bertz CT molecular complexity index is 1950. The van der Waals surface area contributed by atoms with Gasteiger partial charge in [0.2, 0.25) is 0 Å². The summed E-state index contributed by atoms with van der Waals surface area (Å²) in [4.78, 5) is 40.8. The number of aliphatic hydroxyl groups excluding tert-OH is 1. The lowest BCUT2D eigenvalue weighted by Crippen LogP contribution is -2.38. The molecule has 0 bridgehead atoms. The summed E-state index contributed by atoms with van der Waals surface area (Å²) in [6.07, 6.45) is 6.76. The van der Waals surface area contributed by atoms with E-state index in [2.05, 4.69) is 56.1 Å². The number of carbonyl (C=O) groups is 3. The van der Waals surface area contributed by atoms with Crippen molar-refractivity contribution in [3.05, 3.63) is 126 Å². The zero-order chi connectivity index (χ0) is 34.2. The van der Waals surface area contributed by atoms with Crippen molar-refractivity contribution in [1.82, 2.24) is 0 Å². The van der Waals surface area contributed by atoms with Gasteiger partial charge in [0.25, 0.3) is 11.8 Å². The van der Waals surface area contributed by atoms with Crippen molar-refractivity contribution < 1.29 is 24.2 Å². The third kappa shape index (κ3) is 7.12. The highest BCUT2D eigenvalue weighted by Gasteiger charge is 2.32.